The van der Waals surface area contributed by atoms with Gasteiger partial charge in [0, 0.05) is 23.3 Å². The molecule has 0 spiro atoms. The monoisotopic (exact) mass is 254 g/mol. The van der Waals surface area contributed by atoms with Crippen molar-refractivity contribution in [3.05, 3.63) is 42.2 Å². The molecule has 3 unspecified atom stereocenters. The maximum atomic E-state index is 6.77. The Balaban J connectivity index is 2.09. The van der Waals surface area contributed by atoms with E-state index >= 15 is 0 Å². The summed E-state index contributed by atoms with van der Waals surface area (Å²) in [6.07, 6.45) is 7.17. The van der Waals surface area contributed by atoms with Gasteiger partial charge in [0.2, 0.25) is 0 Å². The van der Waals surface area contributed by atoms with E-state index in [9.17, 15) is 0 Å². The molecule has 1 aromatic heterocycles. The van der Waals surface area contributed by atoms with Crippen molar-refractivity contribution in [1.29, 1.82) is 0 Å². The first-order chi connectivity index (χ1) is 9.10. The second kappa shape index (κ2) is 4.61. The molecule has 0 amide bonds. The van der Waals surface area contributed by atoms with Crippen LogP contribution in [0.4, 0.5) is 0 Å². The average molecular weight is 254 g/mol. The van der Waals surface area contributed by atoms with E-state index in [0.29, 0.717) is 5.92 Å². The van der Waals surface area contributed by atoms with Crippen molar-refractivity contribution in [2.45, 2.75) is 38.6 Å². The fourth-order valence-electron chi connectivity index (χ4n) is 3.44. The van der Waals surface area contributed by atoms with Crippen molar-refractivity contribution >= 4 is 10.8 Å². The molecule has 0 aliphatic heterocycles. The predicted molar refractivity (Wildman–Crippen MR) is 79.8 cm³/mol. The summed E-state index contributed by atoms with van der Waals surface area (Å²) in [4.78, 5) is 4.28. The highest BCUT2D eigenvalue weighted by molar-refractivity contribution is 5.85. The van der Waals surface area contributed by atoms with Crippen LogP contribution in [-0.4, -0.2) is 4.98 Å². The van der Waals surface area contributed by atoms with Gasteiger partial charge >= 0.3 is 0 Å². The topological polar surface area (TPSA) is 38.9 Å². The molecule has 2 nitrogen and oxygen atoms in total. The molecule has 100 valence electrons. The van der Waals surface area contributed by atoms with Crippen LogP contribution in [-0.2, 0) is 5.54 Å². The van der Waals surface area contributed by atoms with E-state index < -0.39 is 0 Å². The molecule has 2 N–H and O–H groups in total. The quantitative estimate of drug-likeness (QED) is 0.839. The van der Waals surface area contributed by atoms with Crippen LogP contribution in [0, 0.1) is 11.8 Å². The zero-order valence-electron chi connectivity index (χ0n) is 11.8. The fourth-order valence-corrected chi connectivity index (χ4v) is 3.44. The summed E-state index contributed by atoms with van der Waals surface area (Å²) >= 11 is 0. The molecule has 1 aliphatic rings. The van der Waals surface area contributed by atoms with Crippen LogP contribution in [0.2, 0.25) is 0 Å². The first kappa shape index (κ1) is 12.6. The summed E-state index contributed by atoms with van der Waals surface area (Å²) in [7, 11) is 0. The maximum Gasteiger partial charge on any atom is 0.0419 e. The Hall–Kier alpha value is -1.41. The number of fused-ring (bicyclic) bond motifs is 1. The van der Waals surface area contributed by atoms with Gasteiger partial charge < -0.3 is 5.73 Å². The Morgan fingerprint density at radius 1 is 1.21 bits per heavy atom. The van der Waals surface area contributed by atoms with Gasteiger partial charge in [0.05, 0.1) is 0 Å². The molecule has 2 heteroatoms. The van der Waals surface area contributed by atoms with E-state index in [1.165, 1.54) is 22.8 Å². The largest absolute Gasteiger partial charge is 0.321 e. The van der Waals surface area contributed by atoms with Gasteiger partial charge in [0.25, 0.3) is 0 Å². The summed E-state index contributed by atoms with van der Waals surface area (Å²) in [5.74, 6) is 1.47. The first-order valence-corrected chi connectivity index (χ1v) is 7.22. The van der Waals surface area contributed by atoms with Crippen LogP contribution >= 0.6 is 0 Å². The van der Waals surface area contributed by atoms with Gasteiger partial charge in [-0.3, -0.25) is 4.98 Å². The Labute approximate surface area is 115 Å². The summed E-state index contributed by atoms with van der Waals surface area (Å²) in [6, 6.07) is 8.51. The summed E-state index contributed by atoms with van der Waals surface area (Å²) in [5, 5.41) is 2.46. The van der Waals surface area contributed by atoms with Crippen LogP contribution in [0.25, 0.3) is 10.8 Å². The highest BCUT2D eigenvalue weighted by Crippen LogP contribution is 2.42. The smallest absolute Gasteiger partial charge is 0.0419 e. The summed E-state index contributed by atoms with van der Waals surface area (Å²) in [5.41, 5.74) is 7.86. The Morgan fingerprint density at radius 2 is 2.05 bits per heavy atom. The van der Waals surface area contributed by atoms with E-state index in [4.69, 9.17) is 5.73 Å². The van der Waals surface area contributed by atoms with Gasteiger partial charge in [-0.2, -0.15) is 0 Å². The lowest BCUT2D eigenvalue weighted by atomic mass is 9.68. The fraction of sp³-hybridized carbons (Fsp3) is 0.471. The number of hydrogen-bond donors (Lipinski definition) is 1. The molecule has 3 rings (SSSR count). The SMILES string of the molecule is CC1CCC(N)(c2cccc3ccncc23)CC1C. The molecule has 1 aliphatic carbocycles. The molecular weight excluding hydrogens is 232 g/mol. The van der Waals surface area contributed by atoms with E-state index in [0.717, 1.165) is 18.8 Å². The molecule has 2 aromatic rings. The molecule has 0 bridgehead atoms. The second-order valence-corrected chi connectivity index (χ2v) is 6.26. The highest BCUT2D eigenvalue weighted by atomic mass is 14.8. The van der Waals surface area contributed by atoms with Crippen molar-refractivity contribution in [2.75, 3.05) is 0 Å². The van der Waals surface area contributed by atoms with E-state index in [1.54, 1.807) is 0 Å². The van der Waals surface area contributed by atoms with Gasteiger partial charge in [-0.15, -0.1) is 0 Å². The average Bonchev–Trinajstić information content (AvgIpc) is 2.43. The van der Waals surface area contributed by atoms with Gasteiger partial charge in [0.1, 0.15) is 0 Å². The third kappa shape index (κ3) is 2.14. The van der Waals surface area contributed by atoms with Crippen LogP contribution in [0.15, 0.2) is 36.7 Å². The number of nitrogens with zero attached hydrogens (tertiary/aromatic N) is 1. The molecule has 0 saturated heterocycles. The van der Waals surface area contributed by atoms with Gasteiger partial charge in [-0.05, 0) is 48.1 Å². The Kier molecular flexibility index (Phi) is 3.06. The van der Waals surface area contributed by atoms with Crippen LogP contribution in [0.5, 0.6) is 0 Å². The summed E-state index contributed by atoms with van der Waals surface area (Å²) < 4.78 is 0. The van der Waals surface area contributed by atoms with Crippen molar-refractivity contribution < 1.29 is 0 Å². The number of aromatic nitrogens is 1. The van der Waals surface area contributed by atoms with Crippen molar-refractivity contribution in [1.82, 2.24) is 4.98 Å². The normalized spacial score (nSPS) is 31.5. The number of rotatable bonds is 1. The molecule has 1 fully saturated rings. The molecule has 0 radical (unpaired) electrons. The highest BCUT2D eigenvalue weighted by Gasteiger charge is 2.36. The lowest BCUT2D eigenvalue weighted by Gasteiger charge is -2.41. The van der Waals surface area contributed by atoms with E-state index in [1.807, 2.05) is 12.4 Å². The maximum absolute atomic E-state index is 6.77. The molecule has 19 heavy (non-hydrogen) atoms. The lowest BCUT2D eigenvalue weighted by Crippen LogP contribution is -2.43. The van der Waals surface area contributed by atoms with Crippen LogP contribution in [0.3, 0.4) is 0 Å². The standard InChI is InChI=1S/C17H22N2/c1-12-6-8-17(18,10-13(12)2)16-5-3-4-14-7-9-19-11-15(14)16/h3-5,7,9,11-13H,6,8,10,18H2,1-2H3. The van der Waals surface area contributed by atoms with Crippen molar-refractivity contribution in [3.8, 4) is 0 Å². The predicted octanol–water partition coefficient (Wildman–Crippen LogP) is 3.84. The third-order valence-electron chi connectivity index (χ3n) is 4.92. The molecule has 1 aromatic carbocycles. The number of nitrogens with two attached hydrogens (primary N) is 1. The molecular formula is C17H22N2. The number of hydrogen-bond acceptors (Lipinski definition) is 2. The third-order valence-corrected chi connectivity index (χ3v) is 4.92. The van der Waals surface area contributed by atoms with E-state index in [2.05, 4.69) is 43.1 Å². The van der Waals surface area contributed by atoms with Gasteiger partial charge in [0.15, 0.2) is 0 Å². The van der Waals surface area contributed by atoms with Crippen molar-refractivity contribution in [3.63, 3.8) is 0 Å². The molecule has 3 atom stereocenters. The first-order valence-electron chi connectivity index (χ1n) is 7.22. The zero-order valence-corrected chi connectivity index (χ0v) is 11.8. The Bertz CT molecular complexity index is 587. The van der Waals surface area contributed by atoms with Gasteiger partial charge in [-0.1, -0.05) is 32.0 Å². The number of benzene rings is 1. The van der Waals surface area contributed by atoms with Crippen molar-refractivity contribution in [2.24, 2.45) is 17.6 Å². The van der Waals surface area contributed by atoms with Crippen LogP contribution < -0.4 is 5.73 Å². The van der Waals surface area contributed by atoms with Gasteiger partial charge in [-0.25, -0.2) is 0 Å². The molecule has 1 saturated carbocycles. The Morgan fingerprint density at radius 3 is 2.84 bits per heavy atom. The second-order valence-electron chi connectivity index (χ2n) is 6.26. The molecule has 1 heterocycles. The summed E-state index contributed by atoms with van der Waals surface area (Å²) in [6.45, 7) is 4.67. The van der Waals surface area contributed by atoms with E-state index in [-0.39, 0.29) is 5.54 Å². The minimum atomic E-state index is -0.186. The minimum absolute atomic E-state index is 0.186. The number of pyridine rings is 1. The van der Waals surface area contributed by atoms with Crippen LogP contribution in [0.1, 0.15) is 38.7 Å². The zero-order chi connectivity index (χ0) is 13.5. The lowest BCUT2D eigenvalue weighted by molar-refractivity contribution is 0.178. The minimum Gasteiger partial charge on any atom is -0.321 e.